The lowest BCUT2D eigenvalue weighted by Gasteiger charge is -2.15. The van der Waals surface area contributed by atoms with E-state index in [0.29, 0.717) is 5.69 Å². The van der Waals surface area contributed by atoms with E-state index >= 15 is 0 Å². The number of aromatic amines is 1. The lowest BCUT2D eigenvalue weighted by Crippen LogP contribution is -2.14. The van der Waals surface area contributed by atoms with E-state index in [4.69, 9.17) is 0 Å². The predicted octanol–water partition coefficient (Wildman–Crippen LogP) is 3.14. The highest BCUT2D eigenvalue weighted by Crippen LogP contribution is 2.30. The highest BCUT2D eigenvalue weighted by Gasteiger charge is 2.16. The third-order valence-electron chi connectivity index (χ3n) is 3.36. The van der Waals surface area contributed by atoms with Crippen LogP contribution in [0.3, 0.4) is 0 Å². The molecule has 3 aromatic rings. The van der Waals surface area contributed by atoms with Crippen LogP contribution in [0.1, 0.15) is 24.2 Å². The summed E-state index contributed by atoms with van der Waals surface area (Å²) in [4.78, 5) is 15.7. The molecule has 0 saturated heterocycles. The number of aromatic carboxylic acids is 1. The average Bonchev–Trinajstić information content (AvgIpc) is 3.00. The molecule has 3 N–H and O–H groups in total. The van der Waals surface area contributed by atoms with Gasteiger partial charge >= 0.3 is 5.97 Å². The second-order valence-corrected chi connectivity index (χ2v) is 5.37. The van der Waals surface area contributed by atoms with E-state index in [0.717, 1.165) is 22.0 Å². The molecule has 112 valence electrons. The van der Waals surface area contributed by atoms with Crippen LogP contribution in [0.15, 0.2) is 36.8 Å². The number of pyridine rings is 1. The molecule has 0 spiro atoms. The molecule has 2 aromatic heterocycles. The van der Waals surface area contributed by atoms with E-state index in [-0.39, 0.29) is 11.6 Å². The van der Waals surface area contributed by atoms with Crippen molar-refractivity contribution in [2.45, 2.75) is 19.9 Å². The van der Waals surface area contributed by atoms with Crippen molar-refractivity contribution in [2.75, 3.05) is 5.32 Å². The van der Waals surface area contributed by atoms with Crippen LogP contribution in [0.5, 0.6) is 0 Å². The molecule has 1 aromatic carbocycles. The summed E-state index contributed by atoms with van der Waals surface area (Å²) >= 11 is 0. The Labute approximate surface area is 127 Å². The van der Waals surface area contributed by atoms with Crippen LogP contribution in [-0.2, 0) is 0 Å². The van der Waals surface area contributed by atoms with Gasteiger partial charge in [-0.05, 0) is 31.5 Å². The van der Waals surface area contributed by atoms with Crippen molar-refractivity contribution in [2.24, 2.45) is 0 Å². The molecule has 22 heavy (non-hydrogen) atoms. The molecule has 0 atom stereocenters. The van der Waals surface area contributed by atoms with Crippen LogP contribution in [0.25, 0.3) is 22.0 Å². The van der Waals surface area contributed by atoms with Gasteiger partial charge in [-0.25, -0.2) is 4.79 Å². The first-order valence-electron chi connectivity index (χ1n) is 6.98. The molecule has 0 unspecified atom stereocenters. The van der Waals surface area contributed by atoms with Gasteiger partial charge in [-0.15, -0.1) is 0 Å². The molecule has 6 nitrogen and oxygen atoms in total. The van der Waals surface area contributed by atoms with Gasteiger partial charge in [-0.1, -0.05) is 6.07 Å². The summed E-state index contributed by atoms with van der Waals surface area (Å²) in [5.41, 5.74) is 3.42. The Bertz CT molecular complexity index is 826. The fourth-order valence-electron chi connectivity index (χ4n) is 2.39. The maximum Gasteiger partial charge on any atom is 0.339 e. The maximum atomic E-state index is 11.5. The van der Waals surface area contributed by atoms with E-state index in [2.05, 4.69) is 20.5 Å². The molecule has 0 saturated carbocycles. The lowest BCUT2D eigenvalue weighted by molar-refractivity contribution is 0.0697. The number of aromatic nitrogens is 3. The molecule has 0 aliphatic heterocycles. The Kier molecular flexibility index (Phi) is 3.50. The van der Waals surface area contributed by atoms with E-state index in [1.807, 2.05) is 32.0 Å². The van der Waals surface area contributed by atoms with Gasteiger partial charge < -0.3 is 10.4 Å². The van der Waals surface area contributed by atoms with E-state index in [1.165, 1.54) is 6.20 Å². The number of carbonyl (C=O) groups is 1. The maximum absolute atomic E-state index is 11.5. The minimum Gasteiger partial charge on any atom is -0.478 e. The first-order valence-corrected chi connectivity index (χ1v) is 6.98. The van der Waals surface area contributed by atoms with Crippen LogP contribution in [0.4, 0.5) is 5.69 Å². The summed E-state index contributed by atoms with van der Waals surface area (Å²) in [5, 5.41) is 20.1. The van der Waals surface area contributed by atoms with Crippen LogP contribution < -0.4 is 5.32 Å². The second kappa shape index (κ2) is 5.48. The third kappa shape index (κ3) is 2.50. The fourth-order valence-corrected chi connectivity index (χ4v) is 2.39. The number of anilines is 1. The molecule has 0 aliphatic carbocycles. The van der Waals surface area contributed by atoms with Gasteiger partial charge in [-0.2, -0.15) is 5.10 Å². The topological polar surface area (TPSA) is 90.9 Å². The van der Waals surface area contributed by atoms with E-state index in [1.54, 1.807) is 12.4 Å². The zero-order valence-corrected chi connectivity index (χ0v) is 12.3. The number of hydrogen-bond acceptors (Lipinski definition) is 4. The molecule has 0 radical (unpaired) electrons. The number of nitrogens with zero attached hydrogens (tertiary/aromatic N) is 2. The van der Waals surface area contributed by atoms with Gasteiger partial charge in [0.15, 0.2) is 0 Å². The van der Waals surface area contributed by atoms with Gasteiger partial charge in [0.25, 0.3) is 0 Å². The molecule has 2 heterocycles. The number of nitrogens with one attached hydrogen (secondary N) is 2. The SMILES string of the molecule is CC(C)Nc1c(C(=O)O)cnc2ccc(-c3cn[nH]c3)cc12. The summed E-state index contributed by atoms with van der Waals surface area (Å²) < 4.78 is 0. The molecule has 3 rings (SSSR count). The number of H-pyrrole nitrogens is 1. The van der Waals surface area contributed by atoms with Crippen molar-refractivity contribution in [3.05, 3.63) is 42.4 Å². The number of hydrogen-bond donors (Lipinski definition) is 3. The zero-order valence-electron chi connectivity index (χ0n) is 12.3. The normalized spacial score (nSPS) is 11.0. The van der Waals surface area contributed by atoms with E-state index in [9.17, 15) is 9.90 Å². The van der Waals surface area contributed by atoms with Crippen LogP contribution in [0, 0.1) is 0 Å². The Morgan fingerprint density at radius 2 is 2.09 bits per heavy atom. The summed E-state index contributed by atoms with van der Waals surface area (Å²) in [5.74, 6) is -0.994. The standard InChI is InChI=1S/C16H16N4O2/c1-9(2)20-15-12-5-10(11-6-18-19-7-11)3-4-14(12)17-8-13(15)16(21)22/h3-9H,1-2H3,(H,17,20)(H,18,19)(H,21,22). The van der Waals surface area contributed by atoms with Crippen molar-refractivity contribution in [3.8, 4) is 11.1 Å². The van der Waals surface area contributed by atoms with Gasteiger partial charge in [0.1, 0.15) is 5.56 Å². The first kappa shape index (κ1) is 14.1. The monoisotopic (exact) mass is 296 g/mol. The molecule has 0 bridgehead atoms. The molecule has 0 fully saturated rings. The summed E-state index contributed by atoms with van der Waals surface area (Å²) in [6.45, 7) is 3.94. The van der Waals surface area contributed by atoms with Gasteiger partial charge in [0, 0.05) is 29.4 Å². The van der Waals surface area contributed by atoms with Gasteiger partial charge in [0.05, 0.1) is 17.4 Å². The number of fused-ring (bicyclic) bond motifs is 1. The smallest absolute Gasteiger partial charge is 0.339 e. The minimum absolute atomic E-state index is 0.112. The highest BCUT2D eigenvalue weighted by atomic mass is 16.4. The minimum atomic E-state index is -0.994. The van der Waals surface area contributed by atoms with Crippen LogP contribution >= 0.6 is 0 Å². The van der Waals surface area contributed by atoms with Crippen LogP contribution in [-0.4, -0.2) is 32.3 Å². The molecule has 6 heteroatoms. The number of carboxylic acid groups (broad SMARTS) is 1. The summed E-state index contributed by atoms with van der Waals surface area (Å²) in [6.07, 6.45) is 4.92. The molecular formula is C16H16N4O2. The van der Waals surface area contributed by atoms with Crippen LogP contribution in [0.2, 0.25) is 0 Å². The summed E-state index contributed by atoms with van der Waals surface area (Å²) in [7, 11) is 0. The first-order chi connectivity index (χ1) is 10.6. The van der Waals surface area contributed by atoms with Crippen molar-refractivity contribution < 1.29 is 9.90 Å². The Hall–Kier alpha value is -2.89. The Balaban J connectivity index is 2.25. The number of rotatable bonds is 4. The van der Waals surface area contributed by atoms with Crippen molar-refractivity contribution in [3.63, 3.8) is 0 Å². The van der Waals surface area contributed by atoms with Crippen molar-refractivity contribution >= 4 is 22.6 Å². The fraction of sp³-hybridized carbons (Fsp3) is 0.188. The van der Waals surface area contributed by atoms with E-state index < -0.39 is 5.97 Å². The van der Waals surface area contributed by atoms with Gasteiger partial charge in [0.2, 0.25) is 0 Å². The number of benzene rings is 1. The van der Waals surface area contributed by atoms with Gasteiger partial charge in [-0.3, -0.25) is 10.1 Å². The largest absolute Gasteiger partial charge is 0.478 e. The summed E-state index contributed by atoms with van der Waals surface area (Å²) in [6, 6.07) is 5.88. The quantitative estimate of drug-likeness (QED) is 0.688. The zero-order chi connectivity index (χ0) is 15.7. The predicted molar refractivity (Wildman–Crippen MR) is 85.0 cm³/mol. The van der Waals surface area contributed by atoms with Crippen molar-refractivity contribution in [1.29, 1.82) is 0 Å². The van der Waals surface area contributed by atoms with Crippen molar-refractivity contribution in [1.82, 2.24) is 15.2 Å². The molecular weight excluding hydrogens is 280 g/mol. The molecule has 0 aliphatic rings. The highest BCUT2D eigenvalue weighted by molar-refractivity contribution is 6.05. The number of carboxylic acids is 1. The second-order valence-electron chi connectivity index (χ2n) is 5.37. The average molecular weight is 296 g/mol. The lowest BCUT2D eigenvalue weighted by atomic mass is 10.0. The Morgan fingerprint density at radius 1 is 1.27 bits per heavy atom. The third-order valence-corrected chi connectivity index (χ3v) is 3.36. The Morgan fingerprint density at radius 3 is 2.73 bits per heavy atom. The molecule has 0 amide bonds.